The summed E-state index contributed by atoms with van der Waals surface area (Å²) in [5.74, 6) is -2.44. The molecule has 0 fully saturated rings. The van der Waals surface area contributed by atoms with Gasteiger partial charge in [-0.2, -0.15) is 4.68 Å². The van der Waals surface area contributed by atoms with Crippen molar-refractivity contribution < 1.29 is 22.1 Å². The molecule has 1 heterocycles. The van der Waals surface area contributed by atoms with Gasteiger partial charge in [0.05, 0.1) is 17.8 Å². The topological polar surface area (TPSA) is 121 Å². The van der Waals surface area contributed by atoms with Gasteiger partial charge in [-0.3, -0.25) is 0 Å². The molecule has 11 heteroatoms. The van der Waals surface area contributed by atoms with E-state index in [1.54, 1.807) is 0 Å². The second-order valence-corrected chi connectivity index (χ2v) is 5.58. The molecule has 2 aromatic rings. The van der Waals surface area contributed by atoms with Gasteiger partial charge in [-0.25, -0.2) is 22.3 Å². The van der Waals surface area contributed by atoms with Crippen molar-refractivity contribution in [2.45, 2.75) is 11.4 Å². The molecule has 112 valence electrons. The molecule has 0 unspecified atom stereocenters. The highest BCUT2D eigenvalue weighted by Gasteiger charge is 2.29. The molecule has 0 saturated heterocycles. The van der Waals surface area contributed by atoms with Crippen LogP contribution in [0.3, 0.4) is 0 Å². The van der Waals surface area contributed by atoms with Crippen LogP contribution in [0, 0.1) is 21.7 Å². The summed E-state index contributed by atoms with van der Waals surface area (Å²) in [6.45, 7) is -0.389. The molecule has 0 atom stereocenters. The second-order valence-electron chi connectivity index (χ2n) is 4.05. The van der Waals surface area contributed by atoms with Crippen LogP contribution in [0.5, 0.6) is 0 Å². The molecule has 2 rings (SSSR count). The van der Waals surface area contributed by atoms with E-state index in [0.717, 1.165) is 29.1 Å². The molecule has 0 aliphatic carbocycles. The third-order valence-electron chi connectivity index (χ3n) is 2.53. The average Bonchev–Trinajstić information content (AvgIpc) is 2.78. The number of hydrogen-bond donors (Lipinski definition) is 1. The van der Waals surface area contributed by atoms with Crippen molar-refractivity contribution in [3.63, 3.8) is 0 Å². The van der Waals surface area contributed by atoms with E-state index in [-0.39, 0.29) is 12.1 Å². The first-order valence-corrected chi connectivity index (χ1v) is 6.91. The maximum absolute atomic E-state index is 13.5. The first-order chi connectivity index (χ1) is 9.68. The minimum Gasteiger partial charge on any atom is -0.358 e. The Kier molecular flexibility index (Phi) is 3.70. The van der Waals surface area contributed by atoms with E-state index in [1.807, 2.05) is 0 Å². The molecule has 0 aliphatic rings. The Morgan fingerprint density at radius 3 is 2.57 bits per heavy atom. The molecule has 1 aromatic heterocycles. The van der Waals surface area contributed by atoms with Crippen molar-refractivity contribution in [2.75, 3.05) is 0 Å². The maximum Gasteiger partial charge on any atom is 0.410 e. The van der Waals surface area contributed by atoms with Crippen molar-refractivity contribution in [2.24, 2.45) is 5.14 Å². The maximum atomic E-state index is 13.5. The Balaban J connectivity index is 2.47. The predicted molar refractivity (Wildman–Crippen MR) is 65.7 cm³/mol. The number of sulfonamides is 1. The molecule has 0 aliphatic heterocycles. The number of halogens is 2. The van der Waals surface area contributed by atoms with Crippen LogP contribution < -0.4 is 5.14 Å². The summed E-state index contributed by atoms with van der Waals surface area (Å²) in [6, 6.07) is 2.66. The van der Waals surface area contributed by atoms with Crippen LogP contribution >= 0.6 is 0 Å². The van der Waals surface area contributed by atoms with Gasteiger partial charge in [0, 0.05) is 5.56 Å². The highest BCUT2D eigenvalue weighted by molar-refractivity contribution is 7.89. The van der Waals surface area contributed by atoms with Crippen molar-refractivity contribution >= 4 is 15.8 Å². The van der Waals surface area contributed by atoms with E-state index in [2.05, 4.69) is 5.10 Å². The molecule has 1 aromatic carbocycles. The van der Waals surface area contributed by atoms with Gasteiger partial charge in [0.1, 0.15) is 11.6 Å². The summed E-state index contributed by atoms with van der Waals surface area (Å²) in [4.78, 5) is 8.90. The number of benzene rings is 1. The molecule has 2 N–H and O–H groups in total. The summed E-state index contributed by atoms with van der Waals surface area (Å²) >= 11 is 0. The minimum atomic E-state index is -4.36. The number of rotatable bonds is 4. The number of aromatic nitrogens is 2. The zero-order valence-corrected chi connectivity index (χ0v) is 11.0. The molecule has 0 saturated carbocycles. The van der Waals surface area contributed by atoms with Gasteiger partial charge in [-0.15, -0.1) is 0 Å². The van der Waals surface area contributed by atoms with Crippen molar-refractivity contribution in [1.29, 1.82) is 0 Å². The molecular formula is C10H8F2N4O4S. The SMILES string of the molecule is NS(=O)(=O)c1cn(Cc2cc(F)ccc2F)nc1[N+](=O)[O-]. The molecule has 0 bridgehead atoms. The second kappa shape index (κ2) is 5.18. The number of hydrogen-bond acceptors (Lipinski definition) is 5. The quantitative estimate of drug-likeness (QED) is 0.659. The highest BCUT2D eigenvalue weighted by Crippen LogP contribution is 2.21. The largest absolute Gasteiger partial charge is 0.410 e. The molecule has 0 spiro atoms. The third kappa shape index (κ3) is 3.20. The Bertz CT molecular complexity index is 818. The van der Waals surface area contributed by atoms with Crippen molar-refractivity contribution in [1.82, 2.24) is 9.78 Å². The fourth-order valence-corrected chi connectivity index (χ4v) is 2.28. The number of nitrogens with zero attached hydrogens (tertiary/aromatic N) is 3. The summed E-state index contributed by atoms with van der Waals surface area (Å²) in [6.07, 6.45) is 0.789. The first kappa shape index (κ1) is 15.0. The van der Waals surface area contributed by atoms with Gasteiger partial charge in [-0.05, 0) is 23.1 Å². The van der Waals surface area contributed by atoms with Crippen LogP contribution in [-0.2, 0) is 16.6 Å². The molecule has 21 heavy (non-hydrogen) atoms. The molecule has 8 nitrogen and oxygen atoms in total. The minimum absolute atomic E-state index is 0.145. The average molecular weight is 318 g/mol. The summed E-state index contributed by atoms with van der Waals surface area (Å²) < 4.78 is 49.8. The normalized spacial score (nSPS) is 11.6. The van der Waals surface area contributed by atoms with Gasteiger partial charge in [0.2, 0.25) is 14.9 Å². The van der Waals surface area contributed by atoms with E-state index in [0.29, 0.717) is 0 Å². The summed E-state index contributed by atoms with van der Waals surface area (Å²) in [5, 5.41) is 19.0. The lowest BCUT2D eigenvalue weighted by Gasteiger charge is -2.00. The smallest absolute Gasteiger partial charge is 0.358 e. The lowest BCUT2D eigenvalue weighted by atomic mass is 10.2. The van der Waals surface area contributed by atoms with Crippen molar-refractivity contribution in [3.05, 3.63) is 51.7 Å². The van der Waals surface area contributed by atoms with Gasteiger partial charge in [0.25, 0.3) is 0 Å². The van der Waals surface area contributed by atoms with Gasteiger partial charge < -0.3 is 10.1 Å². The number of primary sulfonamides is 1. The van der Waals surface area contributed by atoms with Crippen LogP contribution in [-0.4, -0.2) is 23.1 Å². The molecular weight excluding hydrogens is 310 g/mol. The summed E-state index contributed by atoms with van der Waals surface area (Å²) in [7, 11) is -4.36. The number of nitrogens with two attached hydrogens (primary N) is 1. The van der Waals surface area contributed by atoms with E-state index < -0.39 is 37.3 Å². The Morgan fingerprint density at radius 2 is 2.05 bits per heavy atom. The highest BCUT2D eigenvalue weighted by atomic mass is 32.2. The molecule has 0 amide bonds. The van der Waals surface area contributed by atoms with Crippen LogP contribution in [0.25, 0.3) is 0 Å². The van der Waals surface area contributed by atoms with Crippen LogP contribution in [0.1, 0.15) is 5.56 Å². The summed E-state index contributed by atoms with van der Waals surface area (Å²) in [5.41, 5.74) is -0.145. The Hall–Kier alpha value is -2.40. The van der Waals surface area contributed by atoms with Gasteiger partial charge >= 0.3 is 5.82 Å². The van der Waals surface area contributed by atoms with Crippen LogP contribution in [0.15, 0.2) is 29.3 Å². The molecule has 0 radical (unpaired) electrons. The Morgan fingerprint density at radius 1 is 1.38 bits per heavy atom. The third-order valence-corrected chi connectivity index (χ3v) is 3.43. The van der Waals surface area contributed by atoms with E-state index in [1.165, 1.54) is 0 Å². The van der Waals surface area contributed by atoms with Gasteiger partial charge in [-0.1, -0.05) is 0 Å². The standard InChI is InChI=1S/C10H8F2N4O4S/c11-7-1-2-8(12)6(3-7)4-15-5-9(21(13,19)20)10(14-15)16(17)18/h1-3,5H,4H2,(H2,13,19,20). The lowest BCUT2D eigenvalue weighted by molar-refractivity contribution is -0.392. The number of nitro groups is 1. The van der Waals surface area contributed by atoms with E-state index in [4.69, 9.17) is 5.14 Å². The fourth-order valence-electron chi connectivity index (χ4n) is 1.64. The predicted octanol–water partition coefficient (Wildman–Crippen LogP) is 0.765. The lowest BCUT2D eigenvalue weighted by Crippen LogP contribution is -2.13. The van der Waals surface area contributed by atoms with Crippen molar-refractivity contribution in [3.8, 4) is 0 Å². The zero-order valence-electron chi connectivity index (χ0n) is 10.2. The zero-order chi connectivity index (χ0) is 15.8. The Labute approximate surface area is 117 Å². The monoisotopic (exact) mass is 318 g/mol. The van der Waals surface area contributed by atoms with E-state index in [9.17, 15) is 27.3 Å². The first-order valence-electron chi connectivity index (χ1n) is 5.37. The van der Waals surface area contributed by atoms with Crippen LogP contribution in [0.2, 0.25) is 0 Å². The van der Waals surface area contributed by atoms with Crippen LogP contribution in [0.4, 0.5) is 14.6 Å². The van der Waals surface area contributed by atoms with Gasteiger partial charge in [0.15, 0.2) is 0 Å². The van der Waals surface area contributed by atoms with E-state index >= 15 is 0 Å². The fraction of sp³-hybridized carbons (Fsp3) is 0.100.